The molecule has 0 aliphatic rings. The third-order valence-corrected chi connectivity index (χ3v) is 3.83. The van der Waals surface area contributed by atoms with Crippen molar-refractivity contribution in [3.8, 4) is 0 Å². The van der Waals surface area contributed by atoms with Gasteiger partial charge in [0.2, 0.25) is 11.8 Å². The fourth-order valence-electron chi connectivity index (χ4n) is 2.56. The van der Waals surface area contributed by atoms with Gasteiger partial charge in [-0.05, 0) is 36.6 Å². The number of aryl methyl sites for hydroxylation is 1. The van der Waals surface area contributed by atoms with Crippen LogP contribution in [0.5, 0.6) is 0 Å². The predicted octanol–water partition coefficient (Wildman–Crippen LogP) is 3.10. The number of carbonyl (C=O) groups is 2. The molecule has 2 aromatic carbocycles. The fraction of sp³-hybridized carbons (Fsp3) is 0.300. The lowest BCUT2D eigenvalue weighted by Crippen LogP contribution is -2.34. The average molecular weight is 324 g/mol. The van der Waals surface area contributed by atoms with E-state index in [1.165, 1.54) is 12.5 Å². The van der Waals surface area contributed by atoms with E-state index in [0.717, 1.165) is 17.7 Å². The Labute approximate surface area is 143 Å². The first-order valence-corrected chi connectivity index (χ1v) is 8.21. The van der Waals surface area contributed by atoms with Gasteiger partial charge in [0.25, 0.3) is 0 Å². The number of benzene rings is 2. The van der Waals surface area contributed by atoms with Crippen LogP contribution in [0.2, 0.25) is 0 Å². The van der Waals surface area contributed by atoms with Crippen LogP contribution >= 0.6 is 0 Å². The molecule has 0 aromatic heterocycles. The van der Waals surface area contributed by atoms with Gasteiger partial charge in [-0.3, -0.25) is 9.59 Å². The fourth-order valence-corrected chi connectivity index (χ4v) is 2.56. The van der Waals surface area contributed by atoms with E-state index in [9.17, 15) is 9.59 Å². The molecule has 2 aromatic rings. The lowest BCUT2D eigenvalue weighted by atomic mass is 10.1. The molecular formula is C20H24N2O2. The number of nitrogens with one attached hydrogen (secondary N) is 1. The van der Waals surface area contributed by atoms with Crippen molar-refractivity contribution in [2.24, 2.45) is 0 Å². The first-order chi connectivity index (χ1) is 11.6. The molecule has 0 atom stereocenters. The minimum Gasteiger partial charge on any atom is -0.356 e. The molecule has 0 unspecified atom stereocenters. The maximum Gasteiger partial charge on any atom is 0.223 e. The molecule has 4 nitrogen and oxygen atoms in total. The van der Waals surface area contributed by atoms with E-state index in [-0.39, 0.29) is 11.8 Å². The maximum atomic E-state index is 12.0. The largest absolute Gasteiger partial charge is 0.356 e. The van der Waals surface area contributed by atoms with Crippen LogP contribution in [0.4, 0.5) is 5.69 Å². The molecule has 0 heterocycles. The second kappa shape index (κ2) is 8.87. The predicted molar refractivity (Wildman–Crippen MR) is 97.0 cm³/mol. The van der Waals surface area contributed by atoms with E-state index in [1.807, 2.05) is 61.5 Å². The summed E-state index contributed by atoms with van der Waals surface area (Å²) in [4.78, 5) is 25.5. The van der Waals surface area contributed by atoms with E-state index < -0.39 is 0 Å². The molecule has 2 amide bonds. The summed E-state index contributed by atoms with van der Waals surface area (Å²) in [6.07, 6.45) is 1.10. The summed E-state index contributed by atoms with van der Waals surface area (Å²) in [7, 11) is 0. The standard InChI is InChI=1S/C20H24N2O2/c1-16-7-6-10-19(15-16)22(17(2)23)14-12-20(24)21-13-11-18-8-4-3-5-9-18/h3-10,15H,11-14H2,1-2H3,(H,21,24). The van der Waals surface area contributed by atoms with Crippen LogP contribution in [-0.2, 0) is 16.0 Å². The summed E-state index contributed by atoms with van der Waals surface area (Å²) < 4.78 is 0. The zero-order valence-electron chi connectivity index (χ0n) is 14.3. The molecule has 0 saturated heterocycles. The van der Waals surface area contributed by atoms with Gasteiger partial charge in [0.05, 0.1) is 0 Å². The minimum atomic E-state index is -0.0577. The van der Waals surface area contributed by atoms with E-state index in [1.54, 1.807) is 4.90 Å². The number of amides is 2. The summed E-state index contributed by atoms with van der Waals surface area (Å²) in [5.41, 5.74) is 3.12. The maximum absolute atomic E-state index is 12.0. The highest BCUT2D eigenvalue weighted by Crippen LogP contribution is 2.16. The molecule has 0 fully saturated rings. The third kappa shape index (κ3) is 5.54. The lowest BCUT2D eigenvalue weighted by molar-refractivity contribution is -0.121. The van der Waals surface area contributed by atoms with Crippen LogP contribution in [0.1, 0.15) is 24.5 Å². The molecule has 1 N–H and O–H groups in total. The zero-order chi connectivity index (χ0) is 17.4. The first kappa shape index (κ1) is 17.7. The highest BCUT2D eigenvalue weighted by atomic mass is 16.2. The zero-order valence-corrected chi connectivity index (χ0v) is 14.3. The smallest absolute Gasteiger partial charge is 0.223 e. The molecule has 0 aliphatic heterocycles. The number of rotatable bonds is 7. The van der Waals surface area contributed by atoms with Crippen molar-refractivity contribution < 1.29 is 9.59 Å². The van der Waals surface area contributed by atoms with Crippen molar-refractivity contribution >= 4 is 17.5 Å². The molecule has 0 saturated carbocycles. The van der Waals surface area contributed by atoms with Gasteiger partial charge in [-0.25, -0.2) is 0 Å². The van der Waals surface area contributed by atoms with E-state index in [2.05, 4.69) is 5.32 Å². The van der Waals surface area contributed by atoms with Gasteiger partial charge in [-0.15, -0.1) is 0 Å². The highest BCUT2D eigenvalue weighted by Gasteiger charge is 2.13. The van der Waals surface area contributed by atoms with Gasteiger partial charge >= 0.3 is 0 Å². The molecule has 0 bridgehead atoms. The van der Waals surface area contributed by atoms with Crippen molar-refractivity contribution in [1.29, 1.82) is 0 Å². The average Bonchev–Trinajstić information content (AvgIpc) is 2.56. The molecule has 0 aliphatic carbocycles. The molecule has 24 heavy (non-hydrogen) atoms. The summed E-state index contributed by atoms with van der Waals surface area (Å²) in [6, 6.07) is 17.8. The third-order valence-electron chi connectivity index (χ3n) is 3.83. The molecule has 2 rings (SSSR count). The second-order valence-corrected chi connectivity index (χ2v) is 5.85. The van der Waals surface area contributed by atoms with Gasteiger partial charge in [-0.1, -0.05) is 42.5 Å². The molecule has 126 valence electrons. The topological polar surface area (TPSA) is 49.4 Å². The Morgan fingerprint density at radius 1 is 1.04 bits per heavy atom. The van der Waals surface area contributed by atoms with Crippen LogP contribution in [0.15, 0.2) is 54.6 Å². The van der Waals surface area contributed by atoms with Gasteiger partial charge < -0.3 is 10.2 Å². The Morgan fingerprint density at radius 3 is 2.46 bits per heavy atom. The summed E-state index contributed by atoms with van der Waals surface area (Å²) in [5, 5.41) is 2.91. The summed E-state index contributed by atoms with van der Waals surface area (Å²) in [6.45, 7) is 4.50. The number of hydrogen-bond acceptors (Lipinski definition) is 2. The second-order valence-electron chi connectivity index (χ2n) is 5.85. The lowest BCUT2D eigenvalue weighted by Gasteiger charge is -2.21. The molecule has 0 spiro atoms. The quantitative estimate of drug-likeness (QED) is 0.851. The van der Waals surface area contributed by atoms with Gasteiger partial charge in [0, 0.05) is 32.1 Å². The molecular weight excluding hydrogens is 300 g/mol. The van der Waals surface area contributed by atoms with Crippen LogP contribution < -0.4 is 10.2 Å². The van der Waals surface area contributed by atoms with Crippen molar-refractivity contribution in [1.82, 2.24) is 5.32 Å². The minimum absolute atomic E-state index is 0.0372. The Kier molecular flexibility index (Phi) is 6.55. The number of nitrogens with zero attached hydrogens (tertiary/aromatic N) is 1. The first-order valence-electron chi connectivity index (χ1n) is 8.21. The van der Waals surface area contributed by atoms with Gasteiger partial charge in [0.1, 0.15) is 0 Å². The number of hydrogen-bond donors (Lipinski definition) is 1. The number of anilines is 1. The van der Waals surface area contributed by atoms with Crippen LogP contribution in [0.25, 0.3) is 0 Å². The van der Waals surface area contributed by atoms with Crippen LogP contribution in [-0.4, -0.2) is 24.9 Å². The monoisotopic (exact) mass is 324 g/mol. The Morgan fingerprint density at radius 2 is 1.79 bits per heavy atom. The van der Waals surface area contributed by atoms with Gasteiger partial charge in [0.15, 0.2) is 0 Å². The van der Waals surface area contributed by atoms with Gasteiger partial charge in [-0.2, -0.15) is 0 Å². The summed E-state index contributed by atoms with van der Waals surface area (Å²) >= 11 is 0. The highest BCUT2D eigenvalue weighted by molar-refractivity contribution is 5.92. The van der Waals surface area contributed by atoms with E-state index in [4.69, 9.17) is 0 Å². The molecule has 4 heteroatoms. The van der Waals surface area contributed by atoms with Crippen molar-refractivity contribution in [2.75, 3.05) is 18.0 Å². The SMILES string of the molecule is CC(=O)N(CCC(=O)NCCc1ccccc1)c1cccc(C)c1. The Bertz CT molecular complexity index is 683. The van der Waals surface area contributed by atoms with Crippen molar-refractivity contribution in [3.05, 3.63) is 65.7 Å². The number of carbonyl (C=O) groups excluding carboxylic acids is 2. The Hall–Kier alpha value is -2.62. The van der Waals surface area contributed by atoms with E-state index >= 15 is 0 Å². The normalized spacial score (nSPS) is 10.2. The van der Waals surface area contributed by atoms with E-state index in [0.29, 0.717) is 19.5 Å². The Balaban J connectivity index is 1.81. The summed E-state index contributed by atoms with van der Waals surface area (Å²) in [5.74, 6) is -0.0949. The molecule has 0 radical (unpaired) electrons. The van der Waals surface area contributed by atoms with Crippen molar-refractivity contribution in [2.45, 2.75) is 26.7 Å². The van der Waals surface area contributed by atoms with Crippen LogP contribution in [0, 0.1) is 6.92 Å². The van der Waals surface area contributed by atoms with Crippen molar-refractivity contribution in [3.63, 3.8) is 0 Å². The van der Waals surface area contributed by atoms with Crippen LogP contribution in [0.3, 0.4) is 0 Å².